The Balaban J connectivity index is 2.01. The van der Waals surface area contributed by atoms with Crippen LogP contribution in [-0.2, 0) is 0 Å². The summed E-state index contributed by atoms with van der Waals surface area (Å²) in [5, 5.41) is 4.67. The van der Waals surface area contributed by atoms with Crippen LogP contribution in [0.15, 0.2) is 17.7 Å². The first kappa shape index (κ1) is 16.6. The van der Waals surface area contributed by atoms with Crippen molar-refractivity contribution in [3.63, 3.8) is 0 Å². The fourth-order valence-electron chi connectivity index (χ4n) is 2.06. The van der Waals surface area contributed by atoms with E-state index in [1.54, 1.807) is 6.07 Å². The average Bonchev–Trinajstić information content (AvgIpc) is 2.37. The summed E-state index contributed by atoms with van der Waals surface area (Å²) in [6, 6.07) is 3.59. The highest BCUT2D eigenvalue weighted by atomic mass is 35.5. The standard InChI is InChI=1S/C16H22Cl2N2O/c1-16(2,20(3)4)10-19-8-11-5-12-6-13(17)7-14(18)15(12)21-9-11/h5-7,19H,8-10H2,1-4H3. The van der Waals surface area contributed by atoms with Gasteiger partial charge >= 0.3 is 0 Å². The monoisotopic (exact) mass is 328 g/mol. The molecule has 0 spiro atoms. The number of likely N-dealkylation sites (N-methyl/N-ethyl adjacent to an activating group) is 1. The van der Waals surface area contributed by atoms with Gasteiger partial charge in [0.1, 0.15) is 12.4 Å². The normalized spacial score (nSPS) is 14.7. The van der Waals surface area contributed by atoms with Crippen LogP contribution in [0.2, 0.25) is 10.0 Å². The maximum Gasteiger partial charge on any atom is 0.145 e. The van der Waals surface area contributed by atoms with Gasteiger partial charge in [-0.2, -0.15) is 0 Å². The van der Waals surface area contributed by atoms with Gasteiger partial charge < -0.3 is 15.0 Å². The largest absolute Gasteiger partial charge is 0.487 e. The third kappa shape index (κ3) is 4.13. The minimum absolute atomic E-state index is 0.112. The zero-order valence-electron chi connectivity index (χ0n) is 13.0. The first-order valence-corrected chi connectivity index (χ1v) is 7.74. The number of rotatable bonds is 5. The summed E-state index contributed by atoms with van der Waals surface area (Å²) < 4.78 is 5.74. The van der Waals surface area contributed by atoms with E-state index in [2.05, 4.69) is 44.2 Å². The molecule has 2 rings (SSSR count). The molecule has 1 aromatic rings. The Hall–Kier alpha value is -0.740. The predicted octanol–water partition coefficient (Wildman–Crippen LogP) is 3.70. The minimum Gasteiger partial charge on any atom is -0.487 e. The quantitative estimate of drug-likeness (QED) is 0.891. The summed E-state index contributed by atoms with van der Waals surface area (Å²) in [5.41, 5.74) is 2.25. The molecular formula is C16H22Cl2N2O. The van der Waals surface area contributed by atoms with Crippen molar-refractivity contribution in [2.75, 3.05) is 33.8 Å². The number of ether oxygens (including phenoxy) is 1. The molecule has 0 fully saturated rings. The molecule has 1 N–H and O–H groups in total. The van der Waals surface area contributed by atoms with Crippen LogP contribution in [0.3, 0.4) is 0 Å². The van der Waals surface area contributed by atoms with Gasteiger partial charge in [0.25, 0.3) is 0 Å². The van der Waals surface area contributed by atoms with E-state index in [4.69, 9.17) is 27.9 Å². The Bertz CT molecular complexity index is 553. The van der Waals surface area contributed by atoms with Crippen LogP contribution in [0, 0.1) is 0 Å². The van der Waals surface area contributed by atoms with Gasteiger partial charge in [0.2, 0.25) is 0 Å². The van der Waals surface area contributed by atoms with Crippen molar-refractivity contribution in [3.05, 3.63) is 33.3 Å². The van der Waals surface area contributed by atoms with Gasteiger partial charge in [-0.1, -0.05) is 23.2 Å². The summed E-state index contributed by atoms with van der Waals surface area (Å²) in [4.78, 5) is 2.21. The number of fused-ring (bicyclic) bond motifs is 1. The summed E-state index contributed by atoms with van der Waals surface area (Å²) >= 11 is 12.2. The summed E-state index contributed by atoms with van der Waals surface area (Å²) in [7, 11) is 4.18. The van der Waals surface area contributed by atoms with Crippen LogP contribution in [0.5, 0.6) is 5.75 Å². The molecule has 0 aliphatic carbocycles. The minimum atomic E-state index is 0.112. The fraction of sp³-hybridized carbons (Fsp3) is 0.500. The lowest BCUT2D eigenvalue weighted by Crippen LogP contribution is -2.47. The zero-order valence-corrected chi connectivity index (χ0v) is 14.5. The number of hydrogen-bond donors (Lipinski definition) is 1. The van der Waals surface area contributed by atoms with Gasteiger partial charge in [-0.3, -0.25) is 0 Å². The summed E-state index contributed by atoms with van der Waals surface area (Å²) in [5.74, 6) is 0.721. The van der Waals surface area contributed by atoms with Crippen LogP contribution in [0.1, 0.15) is 19.4 Å². The second-order valence-electron chi connectivity index (χ2n) is 6.21. The van der Waals surface area contributed by atoms with Crippen LogP contribution in [0.4, 0.5) is 0 Å². The zero-order chi connectivity index (χ0) is 15.6. The van der Waals surface area contributed by atoms with Crippen molar-refractivity contribution >= 4 is 29.3 Å². The van der Waals surface area contributed by atoms with E-state index in [-0.39, 0.29) is 5.54 Å². The van der Waals surface area contributed by atoms with E-state index >= 15 is 0 Å². The number of halogens is 2. The lowest BCUT2D eigenvalue weighted by molar-refractivity contribution is 0.191. The van der Waals surface area contributed by atoms with Crippen molar-refractivity contribution in [2.24, 2.45) is 0 Å². The molecule has 0 atom stereocenters. The smallest absolute Gasteiger partial charge is 0.145 e. The molecule has 21 heavy (non-hydrogen) atoms. The fourth-order valence-corrected chi connectivity index (χ4v) is 2.62. The van der Waals surface area contributed by atoms with Crippen molar-refractivity contribution in [1.29, 1.82) is 0 Å². The number of benzene rings is 1. The molecule has 5 heteroatoms. The first-order chi connectivity index (χ1) is 9.79. The molecule has 1 heterocycles. The lowest BCUT2D eigenvalue weighted by atomic mass is 10.0. The number of nitrogens with zero attached hydrogens (tertiary/aromatic N) is 1. The van der Waals surface area contributed by atoms with E-state index in [1.165, 1.54) is 5.57 Å². The van der Waals surface area contributed by atoms with Crippen molar-refractivity contribution in [1.82, 2.24) is 10.2 Å². The molecule has 1 aliphatic heterocycles. The Morgan fingerprint density at radius 1 is 1.29 bits per heavy atom. The van der Waals surface area contributed by atoms with Gasteiger partial charge in [-0.25, -0.2) is 0 Å². The molecule has 1 aromatic carbocycles. The molecule has 3 nitrogen and oxygen atoms in total. The second-order valence-corrected chi connectivity index (χ2v) is 7.05. The first-order valence-electron chi connectivity index (χ1n) is 6.99. The topological polar surface area (TPSA) is 24.5 Å². The van der Waals surface area contributed by atoms with Gasteiger partial charge in [0.15, 0.2) is 0 Å². The Labute approximate surface area is 136 Å². The molecule has 1 aliphatic rings. The number of hydrogen-bond acceptors (Lipinski definition) is 3. The molecular weight excluding hydrogens is 307 g/mol. The summed E-state index contributed by atoms with van der Waals surface area (Å²) in [6.07, 6.45) is 2.10. The van der Waals surface area contributed by atoms with Crippen LogP contribution < -0.4 is 10.1 Å². The van der Waals surface area contributed by atoms with E-state index in [0.717, 1.165) is 24.4 Å². The molecule has 0 aromatic heterocycles. The summed E-state index contributed by atoms with van der Waals surface area (Å²) in [6.45, 7) is 6.67. The van der Waals surface area contributed by atoms with E-state index in [9.17, 15) is 0 Å². The third-order valence-corrected chi connectivity index (χ3v) is 4.42. The number of nitrogens with one attached hydrogen (secondary N) is 1. The van der Waals surface area contributed by atoms with Gasteiger partial charge in [0.05, 0.1) is 5.02 Å². The highest BCUT2D eigenvalue weighted by molar-refractivity contribution is 6.36. The maximum absolute atomic E-state index is 6.13. The van der Waals surface area contributed by atoms with Crippen LogP contribution >= 0.6 is 23.2 Å². The molecule has 0 unspecified atom stereocenters. The van der Waals surface area contributed by atoms with Gasteiger partial charge in [-0.15, -0.1) is 0 Å². The molecule has 0 bridgehead atoms. The van der Waals surface area contributed by atoms with Gasteiger partial charge in [-0.05, 0) is 51.7 Å². The third-order valence-electron chi connectivity index (χ3n) is 3.92. The molecule has 0 radical (unpaired) electrons. The Kier molecular flexibility index (Phi) is 5.20. The molecule has 0 saturated heterocycles. The SMILES string of the molecule is CN(C)C(C)(C)CNCC1=Cc2cc(Cl)cc(Cl)c2OC1. The highest BCUT2D eigenvalue weighted by Gasteiger charge is 2.20. The van der Waals surface area contributed by atoms with E-state index < -0.39 is 0 Å². The molecule has 116 valence electrons. The van der Waals surface area contributed by atoms with E-state index in [1.807, 2.05) is 6.07 Å². The Morgan fingerprint density at radius 3 is 2.67 bits per heavy atom. The van der Waals surface area contributed by atoms with Crippen LogP contribution in [0.25, 0.3) is 6.08 Å². The van der Waals surface area contributed by atoms with E-state index in [0.29, 0.717) is 16.7 Å². The Morgan fingerprint density at radius 2 is 2.00 bits per heavy atom. The van der Waals surface area contributed by atoms with Gasteiger partial charge in [0, 0.05) is 29.2 Å². The van der Waals surface area contributed by atoms with Crippen LogP contribution in [-0.4, -0.2) is 44.2 Å². The van der Waals surface area contributed by atoms with Crippen molar-refractivity contribution in [3.8, 4) is 5.75 Å². The van der Waals surface area contributed by atoms with Crippen molar-refractivity contribution in [2.45, 2.75) is 19.4 Å². The predicted molar refractivity (Wildman–Crippen MR) is 90.6 cm³/mol. The van der Waals surface area contributed by atoms with Crippen molar-refractivity contribution < 1.29 is 4.74 Å². The second kappa shape index (κ2) is 6.57. The maximum atomic E-state index is 6.13. The lowest BCUT2D eigenvalue weighted by Gasteiger charge is -2.33. The molecule has 0 saturated carbocycles. The molecule has 0 amide bonds. The average molecular weight is 329 g/mol. The highest BCUT2D eigenvalue weighted by Crippen LogP contribution is 2.36.